The summed E-state index contributed by atoms with van der Waals surface area (Å²) in [6.07, 6.45) is 0. The van der Waals surface area contributed by atoms with E-state index in [4.69, 9.17) is 14.6 Å². The van der Waals surface area contributed by atoms with Crippen LogP contribution in [0.25, 0.3) is 0 Å². The van der Waals surface area contributed by atoms with Crippen molar-refractivity contribution >= 4 is 5.69 Å². The summed E-state index contributed by atoms with van der Waals surface area (Å²) in [6.45, 7) is 2.25. The molecule has 118 valence electrons. The van der Waals surface area contributed by atoms with E-state index in [2.05, 4.69) is 5.32 Å². The number of aliphatic hydroxyl groups is 1. The Bertz CT molecular complexity index is 601. The molecule has 1 unspecified atom stereocenters. The van der Waals surface area contributed by atoms with E-state index in [0.29, 0.717) is 5.75 Å². The number of hydrogen-bond donors (Lipinski definition) is 2. The van der Waals surface area contributed by atoms with Crippen molar-refractivity contribution in [3.63, 3.8) is 0 Å². The van der Waals surface area contributed by atoms with E-state index < -0.39 is 0 Å². The van der Waals surface area contributed by atoms with Crippen molar-refractivity contribution in [3.05, 3.63) is 53.8 Å². The lowest BCUT2D eigenvalue weighted by molar-refractivity contribution is 0.201. The first-order valence-electron chi connectivity index (χ1n) is 7.07. The second-order valence-corrected chi connectivity index (χ2v) is 4.86. The minimum Gasteiger partial charge on any atom is -0.494 e. The van der Waals surface area contributed by atoms with E-state index in [-0.39, 0.29) is 30.8 Å². The average molecular weight is 305 g/mol. The number of hydrogen-bond acceptors (Lipinski definition) is 4. The zero-order valence-corrected chi connectivity index (χ0v) is 12.7. The monoisotopic (exact) mass is 305 g/mol. The summed E-state index contributed by atoms with van der Waals surface area (Å²) in [5, 5.41) is 12.0. The lowest BCUT2D eigenvalue weighted by Gasteiger charge is -2.17. The quantitative estimate of drug-likeness (QED) is 0.823. The van der Waals surface area contributed by atoms with Crippen LogP contribution in [0.2, 0.25) is 0 Å². The third kappa shape index (κ3) is 4.11. The van der Waals surface area contributed by atoms with Gasteiger partial charge in [-0.2, -0.15) is 0 Å². The predicted octanol–water partition coefficient (Wildman–Crippen LogP) is 3.38. The van der Waals surface area contributed by atoms with E-state index >= 15 is 0 Å². The van der Waals surface area contributed by atoms with Gasteiger partial charge in [-0.1, -0.05) is 6.07 Å². The van der Waals surface area contributed by atoms with Crippen LogP contribution in [-0.2, 0) is 0 Å². The molecule has 0 aliphatic heterocycles. The van der Waals surface area contributed by atoms with Crippen LogP contribution in [0, 0.1) is 5.82 Å². The molecule has 2 N–H and O–H groups in total. The van der Waals surface area contributed by atoms with Gasteiger partial charge in [-0.25, -0.2) is 4.39 Å². The Balaban J connectivity index is 2.03. The number of halogens is 1. The highest BCUT2D eigenvalue weighted by Crippen LogP contribution is 2.25. The topological polar surface area (TPSA) is 50.7 Å². The Morgan fingerprint density at radius 2 is 1.91 bits per heavy atom. The molecule has 0 aromatic heterocycles. The van der Waals surface area contributed by atoms with Gasteiger partial charge in [0, 0.05) is 11.7 Å². The van der Waals surface area contributed by atoms with E-state index in [1.54, 1.807) is 12.1 Å². The van der Waals surface area contributed by atoms with Gasteiger partial charge < -0.3 is 19.9 Å². The SMILES string of the molecule is COc1cc(C(C)Nc2ccc(OCCO)cc2)ccc1F. The summed E-state index contributed by atoms with van der Waals surface area (Å²) in [5.74, 6) is 0.568. The standard InChI is InChI=1S/C17H20FNO3/c1-12(13-3-8-16(18)17(11-13)21-2)19-14-4-6-15(7-5-14)22-10-9-20/h3-8,11-12,19-20H,9-10H2,1-2H3. The van der Waals surface area contributed by atoms with Crippen LogP contribution < -0.4 is 14.8 Å². The molecule has 2 rings (SSSR count). The van der Waals surface area contributed by atoms with Gasteiger partial charge in [-0.05, 0) is 48.9 Å². The van der Waals surface area contributed by atoms with Gasteiger partial charge in [0.2, 0.25) is 0 Å². The molecule has 2 aromatic rings. The molecular formula is C17H20FNO3. The Morgan fingerprint density at radius 1 is 1.18 bits per heavy atom. The lowest BCUT2D eigenvalue weighted by atomic mass is 10.1. The van der Waals surface area contributed by atoms with Crippen LogP contribution in [0.15, 0.2) is 42.5 Å². The van der Waals surface area contributed by atoms with Crippen molar-refractivity contribution in [1.82, 2.24) is 0 Å². The van der Waals surface area contributed by atoms with Crippen molar-refractivity contribution in [1.29, 1.82) is 0 Å². The summed E-state index contributed by atoms with van der Waals surface area (Å²) in [4.78, 5) is 0. The highest BCUT2D eigenvalue weighted by molar-refractivity contribution is 5.48. The normalized spacial score (nSPS) is 11.8. The Hall–Kier alpha value is -2.27. The number of anilines is 1. The Kier molecular flexibility index (Phi) is 5.61. The molecular weight excluding hydrogens is 285 g/mol. The summed E-state index contributed by atoms with van der Waals surface area (Å²) < 4.78 is 23.7. The number of ether oxygens (including phenoxy) is 2. The van der Waals surface area contributed by atoms with Crippen LogP contribution in [0.3, 0.4) is 0 Å². The third-order valence-corrected chi connectivity index (χ3v) is 3.27. The van der Waals surface area contributed by atoms with Crippen molar-refractivity contribution < 1.29 is 19.0 Å². The number of benzene rings is 2. The van der Waals surface area contributed by atoms with Crippen LogP contribution in [0.4, 0.5) is 10.1 Å². The van der Waals surface area contributed by atoms with Gasteiger partial charge in [0.05, 0.1) is 13.7 Å². The molecule has 0 fully saturated rings. The molecule has 0 saturated carbocycles. The number of rotatable bonds is 7. The molecule has 5 heteroatoms. The molecule has 4 nitrogen and oxygen atoms in total. The smallest absolute Gasteiger partial charge is 0.165 e. The Morgan fingerprint density at radius 3 is 2.55 bits per heavy atom. The first-order chi connectivity index (χ1) is 10.6. The summed E-state index contributed by atoms with van der Waals surface area (Å²) in [6, 6.07) is 12.3. The molecule has 0 saturated heterocycles. The minimum absolute atomic E-state index is 0.00119. The van der Waals surface area contributed by atoms with Crippen LogP contribution in [0.5, 0.6) is 11.5 Å². The van der Waals surface area contributed by atoms with Crippen molar-refractivity contribution in [3.8, 4) is 11.5 Å². The zero-order chi connectivity index (χ0) is 15.9. The fourth-order valence-electron chi connectivity index (χ4n) is 2.09. The number of aliphatic hydroxyl groups excluding tert-OH is 1. The van der Waals surface area contributed by atoms with E-state index in [1.165, 1.54) is 13.2 Å². The summed E-state index contributed by atoms with van der Waals surface area (Å²) in [5.41, 5.74) is 1.85. The zero-order valence-electron chi connectivity index (χ0n) is 12.7. The molecule has 0 radical (unpaired) electrons. The molecule has 22 heavy (non-hydrogen) atoms. The fourth-order valence-corrected chi connectivity index (χ4v) is 2.09. The van der Waals surface area contributed by atoms with Crippen LogP contribution >= 0.6 is 0 Å². The molecule has 2 aromatic carbocycles. The first kappa shape index (κ1) is 16.1. The van der Waals surface area contributed by atoms with Crippen LogP contribution in [-0.4, -0.2) is 25.4 Å². The van der Waals surface area contributed by atoms with E-state index in [1.807, 2.05) is 31.2 Å². The predicted molar refractivity (Wildman–Crippen MR) is 84.0 cm³/mol. The van der Waals surface area contributed by atoms with E-state index in [0.717, 1.165) is 11.3 Å². The lowest BCUT2D eigenvalue weighted by Crippen LogP contribution is -2.07. The molecule has 0 heterocycles. The van der Waals surface area contributed by atoms with Gasteiger partial charge in [-0.3, -0.25) is 0 Å². The number of nitrogens with one attached hydrogen (secondary N) is 1. The molecule has 1 atom stereocenters. The highest BCUT2D eigenvalue weighted by Gasteiger charge is 2.09. The van der Waals surface area contributed by atoms with Gasteiger partial charge in [0.25, 0.3) is 0 Å². The maximum absolute atomic E-state index is 13.4. The highest BCUT2D eigenvalue weighted by atomic mass is 19.1. The second-order valence-electron chi connectivity index (χ2n) is 4.86. The third-order valence-electron chi connectivity index (χ3n) is 3.27. The molecule has 0 spiro atoms. The molecule has 0 aliphatic rings. The number of methoxy groups -OCH3 is 1. The van der Waals surface area contributed by atoms with Gasteiger partial charge in [-0.15, -0.1) is 0 Å². The second kappa shape index (κ2) is 7.66. The largest absolute Gasteiger partial charge is 0.494 e. The summed E-state index contributed by atoms with van der Waals surface area (Å²) in [7, 11) is 1.45. The molecule has 0 bridgehead atoms. The van der Waals surface area contributed by atoms with E-state index in [9.17, 15) is 4.39 Å². The van der Waals surface area contributed by atoms with Gasteiger partial charge >= 0.3 is 0 Å². The fraction of sp³-hybridized carbons (Fsp3) is 0.294. The summed E-state index contributed by atoms with van der Waals surface area (Å²) >= 11 is 0. The van der Waals surface area contributed by atoms with Crippen molar-refractivity contribution in [2.75, 3.05) is 25.6 Å². The molecule has 0 aliphatic carbocycles. The van der Waals surface area contributed by atoms with Crippen molar-refractivity contribution in [2.45, 2.75) is 13.0 Å². The van der Waals surface area contributed by atoms with Crippen molar-refractivity contribution in [2.24, 2.45) is 0 Å². The maximum Gasteiger partial charge on any atom is 0.165 e. The van der Waals surface area contributed by atoms with Gasteiger partial charge in [0.1, 0.15) is 12.4 Å². The molecule has 0 amide bonds. The van der Waals surface area contributed by atoms with Gasteiger partial charge in [0.15, 0.2) is 11.6 Å². The Labute approximate surface area is 129 Å². The first-order valence-corrected chi connectivity index (χ1v) is 7.07. The minimum atomic E-state index is -0.371. The average Bonchev–Trinajstić information content (AvgIpc) is 2.54. The van der Waals surface area contributed by atoms with Crippen LogP contribution in [0.1, 0.15) is 18.5 Å². The maximum atomic E-state index is 13.4.